The van der Waals surface area contributed by atoms with Crippen LogP contribution in [0.1, 0.15) is 32.8 Å². The first-order valence-electron chi connectivity index (χ1n) is 8.76. The molecular weight excluding hydrogens is 348 g/mol. The van der Waals surface area contributed by atoms with Crippen LogP contribution in [0.3, 0.4) is 0 Å². The highest BCUT2D eigenvalue weighted by Gasteiger charge is 2.45. The Kier molecular flexibility index (Phi) is 5.61. The van der Waals surface area contributed by atoms with Gasteiger partial charge in [0.05, 0.1) is 29.2 Å². The molecule has 6 heteroatoms. The van der Waals surface area contributed by atoms with Crippen LogP contribution < -0.4 is 0 Å². The fraction of sp³-hybridized carbons (Fsp3) is 0.350. The number of rotatable bonds is 5. The van der Waals surface area contributed by atoms with Crippen molar-refractivity contribution in [1.82, 2.24) is 4.90 Å². The number of carbonyl (C=O) groups excluding carboxylic acids is 2. The summed E-state index contributed by atoms with van der Waals surface area (Å²) in [7, 11) is 0. The van der Waals surface area contributed by atoms with Crippen LogP contribution in [0.25, 0.3) is 6.08 Å². The van der Waals surface area contributed by atoms with Gasteiger partial charge < -0.3 is 4.74 Å². The Morgan fingerprint density at radius 2 is 2.04 bits per heavy atom. The lowest BCUT2D eigenvalue weighted by molar-refractivity contribution is -0.139. The maximum absolute atomic E-state index is 12.8. The van der Waals surface area contributed by atoms with E-state index in [1.807, 2.05) is 49.4 Å². The lowest BCUT2D eigenvalue weighted by Crippen LogP contribution is -2.45. The van der Waals surface area contributed by atoms with E-state index in [9.17, 15) is 9.59 Å². The van der Waals surface area contributed by atoms with Crippen molar-refractivity contribution in [2.24, 2.45) is 4.99 Å². The zero-order chi connectivity index (χ0) is 18.7. The molecule has 1 amide bonds. The molecule has 0 aromatic heterocycles. The predicted octanol–water partition coefficient (Wildman–Crippen LogP) is 3.63. The van der Waals surface area contributed by atoms with Crippen LogP contribution in [0.5, 0.6) is 0 Å². The third-order valence-electron chi connectivity index (χ3n) is 4.33. The van der Waals surface area contributed by atoms with Gasteiger partial charge in [0.2, 0.25) is 5.91 Å². The van der Waals surface area contributed by atoms with Crippen LogP contribution >= 0.6 is 11.8 Å². The van der Waals surface area contributed by atoms with Gasteiger partial charge in [-0.2, -0.15) is 0 Å². The number of fused-ring (bicyclic) bond motifs is 1. The lowest BCUT2D eigenvalue weighted by Gasteiger charge is -2.30. The summed E-state index contributed by atoms with van der Waals surface area (Å²) in [6, 6.07) is 9.30. The zero-order valence-corrected chi connectivity index (χ0v) is 16.0. The summed E-state index contributed by atoms with van der Waals surface area (Å²) in [5.41, 5.74) is 2.03. The fourth-order valence-electron chi connectivity index (χ4n) is 3.05. The summed E-state index contributed by atoms with van der Waals surface area (Å²) in [4.78, 5) is 31.5. The van der Waals surface area contributed by atoms with Crippen LogP contribution in [0.15, 0.2) is 52.7 Å². The van der Waals surface area contributed by atoms with Gasteiger partial charge in [0.15, 0.2) is 5.17 Å². The molecule has 2 aliphatic heterocycles. The second kappa shape index (κ2) is 7.91. The van der Waals surface area contributed by atoms with Crippen LogP contribution in [0, 0.1) is 0 Å². The normalized spacial score (nSPS) is 22.7. The fourth-order valence-corrected chi connectivity index (χ4v) is 4.19. The van der Waals surface area contributed by atoms with E-state index >= 15 is 0 Å². The number of hydrogen-bond donors (Lipinski definition) is 0. The SMILES string of the molecule is CCOC(=O)C1=C(C)N=C2SC(CC)C(=O)N2C1C=Cc1ccccc1. The third kappa shape index (κ3) is 3.46. The van der Waals surface area contributed by atoms with Crippen LogP contribution in [0.4, 0.5) is 0 Å². The van der Waals surface area contributed by atoms with Crippen LogP contribution in [0.2, 0.25) is 0 Å². The van der Waals surface area contributed by atoms with Crippen LogP contribution in [-0.4, -0.2) is 39.8 Å². The number of amides is 1. The Morgan fingerprint density at radius 1 is 1.31 bits per heavy atom. The molecule has 1 aromatic rings. The molecule has 3 rings (SSSR count). The summed E-state index contributed by atoms with van der Waals surface area (Å²) >= 11 is 1.47. The highest BCUT2D eigenvalue weighted by molar-refractivity contribution is 8.15. The van der Waals surface area contributed by atoms with Gasteiger partial charge in [-0.3, -0.25) is 9.69 Å². The topological polar surface area (TPSA) is 59.0 Å². The number of amidine groups is 1. The molecule has 136 valence electrons. The molecule has 5 nitrogen and oxygen atoms in total. The quantitative estimate of drug-likeness (QED) is 0.743. The van der Waals surface area contributed by atoms with E-state index in [2.05, 4.69) is 4.99 Å². The molecule has 26 heavy (non-hydrogen) atoms. The summed E-state index contributed by atoms with van der Waals surface area (Å²) < 4.78 is 5.23. The predicted molar refractivity (Wildman–Crippen MR) is 105 cm³/mol. The smallest absolute Gasteiger partial charge is 0.338 e. The zero-order valence-electron chi connectivity index (χ0n) is 15.1. The number of aliphatic imine (C=N–C) groups is 1. The average molecular weight is 370 g/mol. The van der Waals surface area contributed by atoms with Crippen molar-refractivity contribution in [3.8, 4) is 0 Å². The molecule has 1 saturated heterocycles. The molecule has 2 unspecified atom stereocenters. The lowest BCUT2D eigenvalue weighted by atomic mass is 10.00. The number of nitrogens with zero attached hydrogens (tertiary/aromatic N) is 2. The molecule has 0 radical (unpaired) electrons. The van der Waals surface area contributed by atoms with E-state index in [0.717, 1.165) is 12.0 Å². The highest BCUT2D eigenvalue weighted by Crippen LogP contribution is 2.38. The molecule has 1 aromatic carbocycles. The Morgan fingerprint density at radius 3 is 2.69 bits per heavy atom. The largest absolute Gasteiger partial charge is 0.463 e. The number of carbonyl (C=O) groups is 2. The van der Waals surface area contributed by atoms with Gasteiger partial charge in [-0.05, 0) is 25.8 Å². The number of benzene rings is 1. The van der Waals surface area contributed by atoms with Gasteiger partial charge in [-0.1, -0.05) is 61.2 Å². The number of hydrogen-bond acceptors (Lipinski definition) is 5. The second-order valence-corrected chi connectivity index (χ2v) is 7.22. The summed E-state index contributed by atoms with van der Waals surface area (Å²) in [6.07, 6.45) is 4.54. The first-order valence-corrected chi connectivity index (χ1v) is 9.64. The van der Waals surface area contributed by atoms with Crippen molar-refractivity contribution in [3.05, 3.63) is 53.2 Å². The van der Waals surface area contributed by atoms with E-state index in [4.69, 9.17) is 4.74 Å². The Hall–Kier alpha value is -2.34. The maximum Gasteiger partial charge on any atom is 0.338 e. The van der Waals surface area contributed by atoms with Crippen molar-refractivity contribution < 1.29 is 14.3 Å². The maximum atomic E-state index is 12.8. The molecule has 1 fully saturated rings. The third-order valence-corrected chi connectivity index (χ3v) is 5.65. The van der Waals surface area contributed by atoms with E-state index in [-0.39, 0.29) is 17.8 Å². The number of allylic oxidation sites excluding steroid dienone is 1. The molecule has 2 atom stereocenters. The van der Waals surface area contributed by atoms with Gasteiger partial charge >= 0.3 is 5.97 Å². The van der Waals surface area contributed by atoms with E-state index in [1.165, 1.54) is 11.8 Å². The van der Waals surface area contributed by atoms with Crippen LogP contribution in [-0.2, 0) is 14.3 Å². The monoisotopic (exact) mass is 370 g/mol. The first kappa shape index (κ1) is 18.5. The Balaban J connectivity index is 2.02. The standard InChI is InChI=1S/C20H22N2O3S/c1-4-16-18(23)22-15(12-11-14-9-7-6-8-10-14)17(19(24)25-5-2)13(3)21-20(22)26-16/h6-12,15-16H,4-5H2,1-3H3. The first-order chi connectivity index (χ1) is 12.6. The van der Waals surface area contributed by atoms with Gasteiger partial charge in [0, 0.05) is 0 Å². The molecule has 0 N–H and O–H groups in total. The summed E-state index contributed by atoms with van der Waals surface area (Å²) in [5.74, 6) is -0.429. The van der Waals surface area contributed by atoms with Crippen molar-refractivity contribution in [2.45, 2.75) is 38.5 Å². The molecule has 0 spiro atoms. The molecule has 2 heterocycles. The van der Waals surface area contributed by atoms with Crippen molar-refractivity contribution in [1.29, 1.82) is 0 Å². The number of thioether (sulfide) groups is 1. The molecular formula is C20H22N2O3S. The Labute approximate surface area is 157 Å². The summed E-state index contributed by atoms with van der Waals surface area (Å²) in [6.45, 7) is 5.83. The Bertz CT molecular complexity index is 799. The van der Waals surface area contributed by atoms with Gasteiger partial charge in [0.25, 0.3) is 0 Å². The van der Waals surface area contributed by atoms with Crippen molar-refractivity contribution >= 4 is 34.9 Å². The van der Waals surface area contributed by atoms with Gasteiger partial charge in [0.1, 0.15) is 0 Å². The van der Waals surface area contributed by atoms with E-state index in [1.54, 1.807) is 18.7 Å². The van der Waals surface area contributed by atoms with E-state index in [0.29, 0.717) is 16.4 Å². The minimum atomic E-state index is -0.502. The minimum Gasteiger partial charge on any atom is -0.463 e. The minimum absolute atomic E-state index is 0.00624. The van der Waals surface area contributed by atoms with Crippen molar-refractivity contribution in [2.75, 3.05) is 6.61 Å². The van der Waals surface area contributed by atoms with Crippen molar-refractivity contribution in [3.63, 3.8) is 0 Å². The van der Waals surface area contributed by atoms with Gasteiger partial charge in [-0.25, -0.2) is 9.79 Å². The van der Waals surface area contributed by atoms with Gasteiger partial charge in [-0.15, -0.1) is 0 Å². The summed E-state index contributed by atoms with van der Waals surface area (Å²) in [5, 5.41) is 0.505. The molecule has 2 aliphatic rings. The highest BCUT2D eigenvalue weighted by atomic mass is 32.2. The molecule has 0 bridgehead atoms. The van der Waals surface area contributed by atoms with E-state index < -0.39 is 12.0 Å². The number of esters is 1. The molecule has 0 aliphatic carbocycles. The average Bonchev–Trinajstić information content (AvgIpc) is 2.95. The molecule has 0 saturated carbocycles. The number of ether oxygens (including phenoxy) is 1. The second-order valence-electron chi connectivity index (χ2n) is 6.05.